The van der Waals surface area contributed by atoms with Crippen LogP contribution in [0, 0.1) is 6.92 Å². The van der Waals surface area contributed by atoms with E-state index in [1.807, 2.05) is 19.2 Å². The first-order valence-corrected chi connectivity index (χ1v) is 8.08. The van der Waals surface area contributed by atoms with Crippen LogP contribution in [0.25, 0.3) is 6.08 Å². The van der Waals surface area contributed by atoms with E-state index in [0.29, 0.717) is 5.95 Å². The predicted octanol–water partition coefficient (Wildman–Crippen LogP) is 2.95. The predicted molar refractivity (Wildman–Crippen MR) is 88.7 cm³/mol. The van der Waals surface area contributed by atoms with E-state index in [4.69, 9.17) is 0 Å². The largest absolute Gasteiger partial charge is 0.314 e. The summed E-state index contributed by atoms with van der Waals surface area (Å²) in [5, 5.41) is 5.15. The van der Waals surface area contributed by atoms with Gasteiger partial charge in [-0.3, -0.25) is 4.99 Å². The van der Waals surface area contributed by atoms with Gasteiger partial charge >= 0.3 is 0 Å². The van der Waals surface area contributed by atoms with Crippen molar-refractivity contribution in [3.05, 3.63) is 27.4 Å². The Morgan fingerprint density at radius 2 is 2.24 bits per heavy atom. The molecule has 0 saturated carbocycles. The molecule has 21 heavy (non-hydrogen) atoms. The summed E-state index contributed by atoms with van der Waals surface area (Å²) in [5.41, 5.74) is 0.994. The van der Waals surface area contributed by atoms with Crippen LogP contribution in [0.15, 0.2) is 21.9 Å². The lowest BCUT2D eigenvalue weighted by Crippen LogP contribution is -2.31. The molecule has 2 aliphatic heterocycles. The summed E-state index contributed by atoms with van der Waals surface area (Å²) in [5.74, 6) is 2.42. The minimum atomic E-state index is 0.579. The summed E-state index contributed by atoms with van der Waals surface area (Å²) in [6.45, 7) is 3.61. The fourth-order valence-electron chi connectivity index (χ4n) is 2.35. The highest BCUT2D eigenvalue weighted by molar-refractivity contribution is 9.12. The Hall–Kier alpha value is -1.80. The van der Waals surface area contributed by atoms with Crippen LogP contribution in [-0.2, 0) is 0 Å². The molecule has 0 bridgehead atoms. The highest BCUT2D eigenvalue weighted by Crippen LogP contribution is 2.33. The standard InChI is InChI=1S/C13H11BrN6S/c1-7-16-6-10(21-7)18-13-17-5-8-4-9(14)12-15-2-3-20(12)11(8)19-13/h4-6H,2-3H2,1H3,(H,17,18,19). The van der Waals surface area contributed by atoms with E-state index < -0.39 is 0 Å². The highest BCUT2D eigenvalue weighted by Gasteiger charge is 2.28. The van der Waals surface area contributed by atoms with E-state index in [-0.39, 0.29) is 0 Å². The number of halogens is 1. The van der Waals surface area contributed by atoms with Gasteiger partial charge < -0.3 is 10.2 Å². The van der Waals surface area contributed by atoms with E-state index in [0.717, 1.165) is 44.8 Å². The summed E-state index contributed by atoms with van der Waals surface area (Å²) in [6.07, 6.45) is 5.63. The van der Waals surface area contributed by atoms with Crippen molar-refractivity contribution in [1.29, 1.82) is 0 Å². The Kier molecular flexibility index (Phi) is 3.00. The number of amidine groups is 1. The van der Waals surface area contributed by atoms with Crippen LogP contribution < -0.4 is 10.2 Å². The SMILES string of the molecule is Cc1ncc(Nc2ncc3c(n2)N2CCN=C2C(Br)=C3)s1. The van der Waals surface area contributed by atoms with Crippen molar-refractivity contribution in [2.75, 3.05) is 23.3 Å². The van der Waals surface area contributed by atoms with Crippen LogP contribution >= 0.6 is 27.3 Å². The highest BCUT2D eigenvalue weighted by atomic mass is 79.9. The van der Waals surface area contributed by atoms with E-state index in [1.54, 1.807) is 17.5 Å². The van der Waals surface area contributed by atoms with Gasteiger partial charge in [0.05, 0.1) is 22.2 Å². The maximum absolute atomic E-state index is 4.63. The van der Waals surface area contributed by atoms with Crippen molar-refractivity contribution >= 4 is 55.9 Å². The molecule has 0 aliphatic carbocycles. The topological polar surface area (TPSA) is 66.3 Å². The minimum Gasteiger partial charge on any atom is -0.314 e. The van der Waals surface area contributed by atoms with Gasteiger partial charge in [0.2, 0.25) is 5.95 Å². The summed E-state index contributed by atoms with van der Waals surface area (Å²) in [4.78, 5) is 19.8. The Bertz CT molecular complexity index is 781. The van der Waals surface area contributed by atoms with Crippen LogP contribution in [0.4, 0.5) is 16.8 Å². The molecule has 2 aliphatic rings. The number of anilines is 3. The van der Waals surface area contributed by atoms with Crippen molar-refractivity contribution in [2.45, 2.75) is 6.92 Å². The number of fused-ring (bicyclic) bond motifs is 3. The maximum atomic E-state index is 4.63. The summed E-state index contributed by atoms with van der Waals surface area (Å²) in [7, 11) is 0. The Labute approximate surface area is 133 Å². The normalized spacial score (nSPS) is 16.2. The monoisotopic (exact) mass is 362 g/mol. The molecule has 0 atom stereocenters. The second kappa shape index (κ2) is 4.88. The minimum absolute atomic E-state index is 0.579. The third-order valence-corrected chi connectivity index (χ3v) is 4.66. The molecule has 4 heterocycles. The summed E-state index contributed by atoms with van der Waals surface area (Å²) < 4.78 is 0.981. The number of aromatic nitrogens is 3. The van der Waals surface area contributed by atoms with Crippen molar-refractivity contribution in [1.82, 2.24) is 15.0 Å². The van der Waals surface area contributed by atoms with Gasteiger partial charge in [0.15, 0.2) is 0 Å². The second-order valence-corrected chi connectivity index (χ2v) is 6.78. The molecular formula is C13H11BrN6S. The number of nitrogens with one attached hydrogen (secondary N) is 1. The first-order valence-electron chi connectivity index (χ1n) is 6.47. The molecular weight excluding hydrogens is 352 g/mol. The van der Waals surface area contributed by atoms with E-state index >= 15 is 0 Å². The first kappa shape index (κ1) is 12.9. The van der Waals surface area contributed by atoms with Crippen LogP contribution in [0.5, 0.6) is 0 Å². The average Bonchev–Trinajstić information content (AvgIpc) is 3.09. The van der Waals surface area contributed by atoms with Crippen LogP contribution in [0.1, 0.15) is 10.6 Å². The zero-order chi connectivity index (χ0) is 14.4. The van der Waals surface area contributed by atoms with Gasteiger partial charge in [-0.05, 0) is 28.9 Å². The molecule has 0 aromatic carbocycles. The Morgan fingerprint density at radius 3 is 3.05 bits per heavy atom. The van der Waals surface area contributed by atoms with Crippen LogP contribution in [-0.4, -0.2) is 33.9 Å². The number of hydrogen-bond donors (Lipinski definition) is 1. The molecule has 0 fully saturated rings. The number of nitrogens with zero attached hydrogens (tertiary/aromatic N) is 5. The average molecular weight is 363 g/mol. The summed E-state index contributed by atoms with van der Waals surface area (Å²) >= 11 is 5.13. The van der Waals surface area contributed by atoms with Gasteiger partial charge in [-0.1, -0.05) is 0 Å². The molecule has 6 nitrogen and oxygen atoms in total. The lowest BCUT2D eigenvalue weighted by atomic mass is 10.2. The van der Waals surface area contributed by atoms with E-state index in [9.17, 15) is 0 Å². The van der Waals surface area contributed by atoms with Gasteiger partial charge in [-0.2, -0.15) is 4.98 Å². The molecule has 0 unspecified atom stereocenters. The Morgan fingerprint density at radius 1 is 1.33 bits per heavy atom. The molecule has 0 saturated heterocycles. The molecule has 0 radical (unpaired) electrons. The molecule has 2 aromatic heterocycles. The number of aryl methyl sites for hydroxylation is 1. The summed E-state index contributed by atoms with van der Waals surface area (Å²) in [6, 6.07) is 0. The molecule has 0 spiro atoms. The molecule has 0 amide bonds. The van der Waals surface area contributed by atoms with Crippen LogP contribution in [0.3, 0.4) is 0 Å². The second-order valence-electron chi connectivity index (χ2n) is 4.69. The zero-order valence-corrected chi connectivity index (χ0v) is 13.6. The molecule has 1 N–H and O–H groups in total. The van der Waals surface area contributed by atoms with Gasteiger partial charge in [0.25, 0.3) is 0 Å². The molecule has 4 rings (SSSR count). The van der Waals surface area contributed by atoms with Gasteiger partial charge in [0, 0.05) is 18.3 Å². The van der Waals surface area contributed by atoms with Gasteiger partial charge in [-0.25, -0.2) is 9.97 Å². The number of hydrogen-bond acceptors (Lipinski definition) is 7. The van der Waals surface area contributed by atoms with Crippen molar-refractivity contribution in [3.63, 3.8) is 0 Å². The number of aliphatic imine (C=N–C) groups is 1. The Balaban J connectivity index is 1.71. The molecule has 2 aromatic rings. The quantitative estimate of drug-likeness (QED) is 0.889. The maximum Gasteiger partial charge on any atom is 0.229 e. The lowest BCUT2D eigenvalue weighted by Gasteiger charge is -2.25. The molecule has 106 valence electrons. The molecule has 8 heteroatoms. The van der Waals surface area contributed by atoms with E-state index in [1.165, 1.54) is 0 Å². The lowest BCUT2D eigenvalue weighted by molar-refractivity contribution is 0.986. The van der Waals surface area contributed by atoms with Gasteiger partial charge in [0.1, 0.15) is 16.7 Å². The fraction of sp³-hybridized carbons (Fsp3) is 0.231. The van der Waals surface area contributed by atoms with Crippen molar-refractivity contribution in [3.8, 4) is 0 Å². The fourth-order valence-corrected chi connectivity index (χ4v) is 3.61. The van der Waals surface area contributed by atoms with Crippen molar-refractivity contribution < 1.29 is 0 Å². The zero-order valence-electron chi connectivity index (χ0n) is 11.2. The smallest absolute Gasteiger partial charge is 0.229 e. The third kappa shape index (κ3) is 2.24. The number of thiazole rings is 1. The van der Waals surface area contributed by atoms with Crippen LogP contribution in [0.2, 0.25) is 0 Å². The number of rotatable bonds is 2. The van der Waals surface area contributed by atoms with Crippen molar-refractivity contribution in [2.24, 2.45) is 4.99 Å². The first-order chi connectivity index (χ1) is 10.2. The van der Waals surface area contributed by atoms with Gasteiger partial charge in [-0.15, -0.1) is 11.3 Å². The third-order valence-electron chi connectivity index (χ3n) is 3.24. The van der Waals surface area contributed by atoms with E-state index in [2.05, 4.69) is 46.1 Å².